The van der Waals surface area contributed by atoms with Crippen molar-refractivity contribution < 1.29 is 9.18 Å². The van der Waals surface area contributed by atoms with E-state index in [0.717, 1.165) is 28.8 Å². The number of hydrogen-bond donors (Lipinski definition) is 0. The van der Waals surface area contributed by atoms with E-state index in [2.05, 4.69) is 31.2 Å². The predicted molar refractivity (Wildman–Crippen MR) is 136 cm³/mol. The van der Waals surface area contributed by atoms with Crippen molar-refractivity contribution in [1.82, 2.24) is 4.90 Å². The maximum Gasteiger partial charge on any atom is 0.227 e. The zero-order valence-electron chi connectivity index (χ0n) is 20.0. The summed E-state index contributed by atoms with van der Waals surface area (Å²) >= 11 is 0. The zero-order chi connectivity index (χ0) is 23.8. The number of hydrogen-bond acceptors (Lipinski definition) is 2. The molecule has 1 heterocycles. The van der Waals surface area contributed by atoms with E-state index >= 15 is 4.39 Å². The fourth-order valence-electron chi connectivity index (χ4n) is 5.59. The lowest BCUT2D eigenvalue weighted by atomic mass is 9.75. The van der Waals surface area contributed by atoms with E-state index in [0.29, 0.717) is 18.0 Å². The molecule has 0 radical (unpaired) electrons. The van der Waals surface area contributed by atoms with Crippen LogP contribution in [0.25, 0.3) is 11.1 Å². The number of halogens is 1. The highest BCUT2D eigenvalue weighted by Gasteiger charge is 2.50. The first-order valence-electron chi connectivity index (χ1n) is 12.0. The highest BCUT2D eigenvalue weighted by molar-refractivity contribution is 5.83. The third-order valence-electron chi connectivity index (χ3n) is 7.38. The topological polar surface area (TPSA) is 23.6 Å². The van der Waals surface area contributed by atoms with Gasteiger partial charge in [-0.25, -0.2) is 4.39 Å². The fraction of sp³-hybridized carbons (Fsp3) is 0.300. The standard InChI is InChI=1S/C30H31FN2O/c1-20-8-7-11-25-28(20)30(34)33(19-21-9-5-4-6-10-21)29(25)23-14-17-27(31)26(18-23)22-12-15-24(16-13-22)32(2)3/h4-7,9-18,20,25,28-29H,8,19H2,1-3H3/t20-,25+,28+,29-/m0/s1. The molecule has 0 bridgehead atoms. The van der Waals surface area contributed by atoms with Crippen LogP contribution in [-0.4, -0.2) is 24.9 Å². The molecule has 0 N–H and O–H groups in total. The number of rotatable bonds is 5. The van der Waals surface area contributed by atoms with E-state index in [1.54, 1.807) is 6.07 Å². The van der Waals surface area contributed by atoms with Crippen LogP contribution >= 0.6 is 0 Å². The summed E-state index contributed by atoms with van der Waals surface area (Å²) in [5.74, 6) is 0.312. The Morgan fingerprint density at radius 2 is 1.74 bits per heavy atom. The van der Waals surface area contributed by atoms with E-state index in [1.807, 2.05) is 78.5 Å². The molecule has 0 saturated carbocycles. The van der Waals surface area contributed by atoms with Crippen molar-refractivity contribution in [1.29, 1.82) is 0 Å². The first-order valence-corrected chi connectivity index (χ1v) is 12.0. The number of fused-ring (bicyclic) bond motifs is 1. The molecule has 34 heavy (non-hydrogen) atoms. The summed E-state index contributed by atoms with van der Waals surface area (Å²) in [5.41, 5.74) is 4.58. The minimum absolute atomic E-state index is 0.0356. The lowest BCUT2D eigenvalue weighted by molar-refractivity contribution is -0.134. The number of likely N-dealkylation sites (tertiary alicyclic amines) is 1. The third kappa shape index (κ3) is 4.02. The maximum absolute atomic E-state index is 15.0. The van der Waals surface area contributed by atoms with Crippen LogP contribution < -0.4 is 4.90 Å². The van der Waals surface area contributed by atoms with Gasteiger partial charge in [0.15, 0.2) is 0 Å². The first-order chi connectivity index (χ1) is 16.4. The van der Waals surface area contributed by atoms with Crippen molar-refractivity contribution in [2.45, 2.75) is 25.9 Å². The number of nitrogens with zero attached hydrogens (tertiary/aromatic N) is 2. The van der Waals surface area contributed by atoms with E-state index in [4.69, 9.17) is 0 Å². The van der Waals surface area contributed by atoms with Crippen LogP contribution in [0.5, 0.6) is 0 Å². The van der Waals surface area contributed by atoms with Crippen LogP contribution in [0.3, 0.4) is 0 Å². The van der Waals surface area contributed by atoms with Crippen molar-refractivity contribution in [3.8, 4) is 11.1 Å². The highest BCUT2D eigenvalue weighted by atomic mass is 19.1. The quantitative estimate of drug-likeness (QED) is 0.413. The minimum Gasteiger partial charge on any atom is -0.378 e. The lowest BCUT2D eigenvalue weighted by Gasteiger charge is -2.30. The number of anilines is 1. The van der Waals surface area contributed by atoms with Crippen LogP contribution in [0.4, 0.5) is 10.1 Å². The maximum atomic E-state index is 15.0. The number of amides is 1. The Kier molecular flexibility index (Phi) is 5.99. The number of carbonyl (C=O) groups is 1. The Balaban J connectivity index is 1.56. The van der Waals surface area contributed by atoms with Crippen LogP contribution in [0.1, 0.15) is 30.5 Å². The third-order valence-corrected chi connectivity index (χ3v) is 7.38. The average molecular weight is 455 g/mol. The van der Waals surface area contributed by atoms with Gasteiger partial charge in [0.2, 0.25) is 5.91 Å². The Hall–Kier alpha value is -3.40. The number of benzene rings is 3. The average Bonchev–Trinajstić information content (AvgIpc) is 3.12. The van der Waals surface area contributed by atoms with Gasteiger partial charge in [0.1, 0.15) is 5.82 Å². The van der Waals surface area contributed by atoms with Gasteiger partial charge in [-0.3, -0.25) is 4.79 Å². The molecule has 1 fully saturated rings. The molecule has 3 nitrogen and oxygen atoms in total. The smallest absolute Gasteiger partial charge is 0.227 e. The van der Waals surface area contributed by atoms with E-state index in [9.17, 15) is 4.79 Å². The lowest BCUT2D eigenvalue weighted by Crippen LogP contribution is -2.30. The second kappa shape index (κ2) is 9.09. The summed E-state index contributed by atoms with van der Waals surface area (Å²) in [4.78, 5) is 17.7. The minimum atomic E-state index is -0.246. The molecule has 4 heteroatoms. The molecule has 4 atom stereocenters. The van der Waals surface area contributed by atoms with Gasteiger partial charge in [-0.15, -0.1) is 0 Å². The SMILES string of the molecule is C[C@H]1CC=C[C@@H]2[C@@H]1C(=O)N(Cc1ccccc1)[C@H]2c1ccc(F)c(-c2ccc(N(C)C)cc2)c1. The Labute approximate surface area is 201 Å². The summed E-state index contributed by atoms with van der Waals surface area (Å²) in [6.07, 6.45) is 5.35. The molecular weight excluding hydrogens is 423 g/mol. The molecule has 0 unspecified atom stereocenters. The molecular formula is C30H31FN2O. The molecule has 2 aliphatic rings. The van der Waals surface area contributed by atoms with Gasteiger partial charge in [-0.2, -0.15) is 0 Å². The van der Waals surface area contributed by atoms with Crippen LogP contribution in [-0.2, 0) is 11.3 Å². The second-order valence-corrected chi connectivity index (χ2v) is 9.82. The van der Waals surface area contributed by atoms with Crippen molar-refractivity contribution in [3.05, 3.63) is 102 Å². The second-order valence-electron chi connectivity index (χ2n) is 9.82. The van der Waals surface area contributed by atoms with Crippen LogP contribution in [0, 0.1) is 23.6 Å². The summed E-state index contributed by atoms with van der Waals surface area (Å²) in [7, 11) is 3.98. The van der Waals surface area contributed by atoms with Gasteiger partial charge < -0.3 is 9.80 Å². The Bertz CT molecular complexity index is 1200. The summed E-state index contributed by atoms with van der Waals surface area (Å²) in [5, 5.41) is 0. The van der Waals surface area contributed by atoms with E-state index in [1.165, 1.54) is 0 Å². The molecule has 3 aromatic rings. The number of allylic oxidation sites excluding steroid dienone is 1. The summed E-state index contributed by atoms with van der Waals surface area (Å²) in [6, 6.07) is 23.3. The fourth-order valence-corrected chi connectivity index (χ4v) is 5.59. The molecule has 1 saturated heterocycles. The molecule has 3 aromatic carbocycles. The van der Waals surface area contributed by atoms with Gasteiger partial charge >= 0.3 is 0 Å². The molecule has 174 valence electrons. The summed E-state index contributed by atoms with van der Waals surface area (Å²) in [6.45, 7) is 2.73. The molecule has 5 rings (SSSR count). The van der Waals surface area contributed by atoms with Crippen molar-refractivity contribution >= 4 is 11.6 Å². The molecule has 0 spiro atoms. The van der Waals surface area contributed by atoms with Crippen molar-refractivity contribution in [2.75, 3.05) is 19.0 Å². The zero-order valence-corrected chi connectivity index (χ0v) is 20.0. The van der Waals surface area contributed by atoms with Crippen LogP contribution in [0.2, 0.25) is 0 Å². The summed E-state index contributed by atoms with van der Waals surface area (Å²) < 4.78 is 15.0. The largest absolute Gasteiger partial charge is 0.378 e. The van der Waals surface area contributed by atoms with Crippen LogP contribution in [0.15, 0.2) is 84.9 Å². The van der Waals surface area contributed by atoms with Gasteiger partial charge in [0.05, 0.1) is 6.04 Å². The van der Waals surface area contributed by atoms with Gasteiger partial charge in [0.25, 0.3) is 0 Å². The number of carbonyl (C=O) groups excluding carboxylic acids is 1. The monoisotopic (exact) mass is 454 g/mol. The predicted octanol–water partition coefficient (Wildman–Crippen LogP) is 6.47. The first kappa shape index (κ1) is 22.4. The normalized spacial score (nSPS) is 23.8. The van der Waals surface area contributed by atoms with E-state index in [-0.39, 0.29) is 29.6 Å². The molecule has 0 aromatic heterocycles. The van der Waals surface area contributed by atoms with Crippen molar-refractivity contribution in [3.63, 3.8) is 0 Å². The Morgan fingerprint density at radius 3 is 2.44 bits per heavy atom. The van der Waals surface area contributed by atoms with Gasteiger partial charge in [0, 0.05) is 43.7 Å². The van der Waals surface area contributed by atoms with Gasteiger partial charge in [-0.1, -0.05) is 67.6 Å². The van der Waals surface area contributed by atoms with Gasteiger partial charge in [-0.05, 0) is 53.3 Å². The molecule has 1 amide bonds. The van der Waals surface area contributed by atoms with Crippen molar-refractivity contribution in [2.24, 2.45) is 17.8 Å². The molecule has 1 aliphatic heterocycles. The highest BCUT2D eigenvalue weighted by Crippen LogP contribution is 2.49. The van der Waals surface area contributed by atoms with E-state index < -0.39 is 0 Å². The molecule has 1 aliphatic carbocycles. The Morgan fingerprint density at radius 1 is 1.00 bits per heavy atom.